The lowest BCUT2D eigenvalue weighted by Crippen LogP contribution is -2.51. The molecule has 0 saturated heterocycles. The molecular formula is C7H16NO5P. The van der Waals surface area contributed by atoms with E-state index in [2.05, 4.69) is 5.32 Å². The van der Waals surface area contributed by atoms with E-state index in [4.69, 9.17) is 14.9 Å². The quantitative estimate of drug-likeness (QED) is 0.486. The summed E-state index contributed by atoms with van der Waals surface area (Å²) in [4.78, 5) is 28.1. The number of aliphatic carboxylic acids is 1. The van der Waals surface area contributed by atoms with Crippen molar-refractivity contribution in [2.45, 2.75) is 32.2 Å². The van der Waals surface area contributed by atoms with E-state index in [0.29, 0.717) is 0 Å². The summed E-state index contributed by atoms with van der Waals surface area (Å²) in [6.07, 6.45) is -0.0569. The molecule has 6 nitrogen and oxygen atoms in total. The first-order valence-corrected chi connectivity index (χ1v) is 6.10. The number of rotatable bonds is 6. The average molecular weight is 225 g/mol. The third-order valence-electron chi connectivity index (χ3n) is 2.24. The van der Waals surface area contributed by atoms with Crippen LogP contribution in [0.1, 0.15) is 26.7 Å². The summed E-state index contributed by atoms with van der Waals surface area (Å²) >= 11 is 0. The molecule has 7 heteroatoms. The molecule has 0 aromatic heterocycles. The van der Waals surface area contributed by atoms with Crippen molar-refractivity contribution in [2.75, 3.05) is 6.29 Å². The first-order chi connectivity index (χ1) is 6.27. The zero-order valence-electron chi connectivity index (χ0n) is 8.23. The second-order valence-corrected chi connectivity index (χ2v) is 4.74. The van der Waals surface area contributed by atoms with Crippen LogP contribution in [0.4, 0.5) is 0 Å². The third kappa shape index (κ3) is 3.75. The fourth-order valence-electron chi connectivity index (χ4n) is 1.13. The van der Waals surface area contributed by atoms with Crippen molar-refractivity contribution in [1.82, 2.24) is 5.32 Å². The summed E-state index contributed by atoms with van der Waals surface area (Å²) in [6.45, 7) is 3.31. The summed E-state index contributed by atoms with van der Waals surface area (Å²) < 4.78 is 10.6. The molecule has 0 amide bonds. The Bertz CT molecular complexity index is 244. The van der Waals surface area contributed by atoms with Gasteiger partial charge in [0.15, 0.2) is 0 Å². The molecule has 0 bridgehead atoms. The molecule has 0 aromatic carbocycles. The Labute approximate surface area is 82.5 Å². The average Bonchev–Trinajstić information content (AvgIpc) is 2.04. The molecule has 0 aliphatic rings. The maximum atomic E-state index is 10.9. The van der Waals surface area contributed by atoms with E-state index < -0.39 is 25.4 Å². The van der Waals surface area contributed by atoms with Gasteiger partial charge in [-0.1, -0.05) is 13.8 Å². The van der Waals surface area contributed by atoms with Gasteiger partial charge in [-0.2, -0.15) is 0 Å². The van der Waals surface area contributed by atoms with Gasteiger partial charge in [0, 0.05) is 0 Å². The van der Waals surface area contributed by atoms with Gasteiger partial charge >= 0.3 is 13.6 Å². The Kier molecular flexibility index (Phi) is 4.74. The van der Waals surface area contributed by atoms with Crippen molar-refractivity contribution in [3.05, 3.63) is 0 Å². The molecule has 0 unspecified atom stereocenters. The van der Waals surface area contributed by atoms with E-state index in [-0.39, 0.29) is 12.8 Å². The molecule has 0 aliphatic carbocycles. The molecule has 84 valence electrons. The zero-order chi connectivity index (χ0) is 11.4. The largest absolute Gasteiger partial charge is 0.480 e. The minimum absolute atomic E-state index is 0.277. The molecule has 4 N–H and O–H groups in total. The molecular weight excluding hydrogens is 209 g/mol. The Morgan fingerprint density at radius 2 is 1.79 bits per heavy atom. The summed E-state index contributed by atoms with van der Waals surface area (Å²) in [5.74, 6) is -1.09. The zero-order valence-corrected chi connectivity index (χ0v) is 9.12. The lowest BCUT2D eigenvalue weighted by molar-refractivity contribution is -0.145. The van der Waals surface area contributed by atoms with Gasteiger partial charge in [-0.25, -0.2) is 0 Å². The highest BCUT2D eigenvalue weighted by atomic mass is 31.2. The van der Waals surface area contributed by atoms with E-state index in [1.54, 1.807) is 13.8 Å². The molecule has 0 saturated carbocycles. The molecule has 0 spiro atoms. The van der Waals surface area contributed by atoms with E-state index >= 15 is 0 Å². The topological polar surface area (TPSA) is 107 Å². The lowest BCUT2D eigenvalue weighted by atomic mass is 9.93. The number of hydrogen-bond donors (Lipinski definition) is 4. The molecule has 0 heterocycles. The number of hydrogen-bond acceptors (Lipinski definition) is 3. The minimum atomic E-state index is -4.20. The standard InChI is InChI=1S/C7H16NO5P/c1-3-7(4-2,6(9)10)8-5-14(11,12)13/h8H,3-5H2,1-2H3,(H,9,10)(H2,11,12,13). The van der Waals surface area contributed by atoms with Gasteiger partial charge in [0.1, 0.15) is 5.54 Å². The van der Waals surface area contributed by atoms with Crippen LogP contribution in [-0.4, -0.2) is 32.7 Å². The summed E-state index contributed by atoms with van der Waals surface area (Å²) in [5.41, 5.74) is -1.23. The van der Waals surface area contributed by atoms with E-state index in [1.165, 1.54) is 0 Å². The molecule has 0 atom stereocenters. The maximum absolute atomic E-state index is 10.9. The van der Waals surface area contributed by atoms with Crippen LogP contribution in [0.3, 0.4) is 0 Å². The van der Waals surface area contributed by atoms with Crippen molar-refractivity contribution >= 4 is 13.6 Å². The first-order valence-electron chi connectivity index (χ1n) is 4.30. The number of carbonyl (C=O) groups is 1. The van der Waals surface area contributed by atoms with Crippen molar-refractivity contribution in [3.8, 4) is 0 Å². The van der Waals surface area contributed by atoms with Gasteiger partial charge in [0.05, 0.1) is 6.29 Å². The lowest BCUT2D eigenvalue weighted by Gasteiger charge is -2.28. The van der Waals surface area contributed by atoms with Crippen molar-refractivity contribution in [2.24, 2.45) is 0 Å². The highest BCUT2D eigenvalue weighted by Crippen LogP contribution is 2.33. The van der Waals surface area contributed by atoms with Gasteiger partial charge < -0.3 is 14.9 Å². The van der Waals surface area contributed by atoms with Crippen LogP contribution in [0.5, 0.6) is 0 Å². The summed E-state index contributed by atoms with van der Waals surface area (Å²) in [7, 11) is -4.20. The van der Waals surface area contributed by atoms with Crippen molar-refractivity contribution < 1.29 is 24.3 Å². The van der Waals surface area contributed by atoms with E-state index in [0.717, 1.165) is 0 Å². The molecule has 0 radical (unpaired) electrons. The number of carboxylic acid groups (broad SMARTS) is 1. The van der Waals surface area contributed by atoms with Crippen LogP contribution in [0, 0.1) is 0 Å². The maximum Gasteiger partial charge on any atom is 0.339 e. The predicted octanol–water partition coefficient (Wildman–Crippen LogP) is 0.355. The van der Waals surface area contributed by atoms with Crippen LogP contribution >= 0.6 is 7.60 Å². The fraction of sp³-hybridized carbons (Fsp3) is 0.857. The first kappa shape index (κ1) is 13.6. The van der Waals surface area contributed by atoms with Gasteiger partial charge in [-0.15, -0.1) is 0 Å². The molecule has 14 heavy (non-hydrogen) atoms. The van der Waals surface area contributed by atoms with Gasteiger partial charge in [0.25, 0.3) is 0 Å². The van der Waals surface area contributed by atoms with Gasteiger partial charge in [-0.05, 0) is 12.8 Å². The molecule has 0 aliphatic heterocycles. The highest BCUT2D eigenvalue weighted by molar-refractivity contribution is 7.51. The Morgan fingerprint density at radius 1 is 1.36 bits per heavy atom. The van der Waals surface area contributed by atoms with E-state index in [9.17, 15) is 9.36 Å². The highest BCUT2D eigenvalue weighted by Gasteiger charge is 2.35. The smallest absolute Gasteiger partial charge is 0.339 e. The number of carboxylic acids is 1. The van der Waals surface area contributed by atoms with Crippen molar-refractivity contribution in [1.29, 1.82) is 0 Å². The third-order valence-corrected chi connectivity index (χ3v) is 2.81. The van der Waals surface area contributed by atoms with Crippen LogP contribution in [0.2, 0.25) is 0 Å². The predicted molar refractivity (Wildman–Crippen MR) is 51.0 cm³/mol. The molecule has 0 fully saturated rings. The number of nitrogens with one attached hydrogen (secondary N) is 1. The second kappa shape index (κ2) is 4.89. The molecule has 0 rings (SSSR count). The van der Waals surface area contributed by atoms with Crippen LogP contribution < -0.4 is 5.32 Å². The van der Waals surface area contributed by atoms with Crippen molar-refractivity contribution in [3.63, 3.8) is 0 Å². The fourth-order valence-corrected chi connectivity index (χ4v) is 1.64. The van der Waals surface area contributed by atoms with Gasteiger partial charge in [-0.3, -0.25) is 14.7 Å². The monoisotopic (exact) mass is 225 g/mol. The van der Waals surface area contributed by atoms with Crippen LogP contribution in [0.15, 0.2) is 0 Å². The minimum Gasteiger partial charge on any atom is -0.480 e. The second-order valence-electron chi connectivity index (χ2n) is 3.09. The van der Waals surface area contributed by atoms with Crippen LogP contribution in [0.25, 0.3) is 0 Å². The van der Waals surface area contributed by atoms with Gasteiger partial charge in [0.2, 0.25) is 0 Å². The molecule has 0 aromatic rings. The Balaban J connectivity index is 4.53. The Morgan fingerprint density at radius 3 is 2.00 bits per heavy atom. The van der Waals surface area contributed by atoms with Crippen LogP contribution in [-0.2, 0) is 9.36 Å². The normalized spacial score (nSPS) is 12.9. The van der Waals surface area contributed by atoms with E-state index in [1.807, 2.05) is 0 Å². The SMILES string of the molecule is CCC(CC)(NCP(=O)(O)O)C(=O)O. The summed E-state index contributed by atoms with van der Waals surface area (Å²) in [6, 6.07) is 0. The Hall–Kier alpha value is -0.420. The summed E-state index contributed by atoms with van der Waals surface area (Å²) in [5, 5.41) is 11.3.